The van der Waals surface area contributed by atoms with Crippen LogP contribution in [0.15, 0.2) is 91.0 Å². The third kappa shape index (κ3) is 3.24. The smallest absolute Gasteiger partial charge is 0.159 e. The molecule has 0 fully saturated rings. The Balaban J connectivity index is 1.87. The zero-order valence-corrected chi connectivity index (χ0v) is 15.3. The summed E-state index contributed by atoms with van der Waals surface area (Å²) in [7, 11) is 0. The quantitative estimate of drug-likeness (QED) is 0.362. The molecule has 1 heterocycles. The van der Waals surface area contributed by atoms with Crippen molar-refractivity contribution >= 4 is 17.1 Å². The predicted molar refractivity (Wildman–Crippen MR) is 111 cm³/mol. The van der Waals surface area contributed by atoms with Gasteiger partial charge >= 0.3 is 0 Å². The first-order chi connectivity index (χ1) is 12.7. The van der Waals surface area contributed by atoms with Crippen molar-refractivity contribution in [1.82, 2.24) is 0 Å². The second kappa shape index (κ2) is 7.11. The number of thiophene rings is 1. The number of hydrogen-bond donors (Lipinski definition) is 0. The zero-order chi connectivity index (χ0) is 17.9. The van der Waals surface area contributed by atoms with E-state index in [-0.39, 0.29) is 5.78 Å². The van der Waals surface area contributed by atoms with Crippen molar-refractivity contribution in [3.05, 3.63) is 96.6 Å². The molecule has 1 aromatic heterocycles. The van der Waals surface area contributed by atoms with Crippen molar-refractivity contribution in [3.8, 4) is 32.0 Å². The highest BCUT2D eigenvalue weighted by molar-refractivity contribution is 7.19. The van der Waals surface area contributed by atoms with Crippen molar-refractivity contribution in [1.29, 1.82) is 0 Å². The van der Waals surface area contributed by atoms with Gasteiger partial charge in [0.25, 0.3) is 0 Å². The monoisotopic (exact) mass is 354 g/mol. The summed E-state index contributed by atoms with van der Waals surface area (Å²) in [5, 5.41) is 0. The van der Waals surface area contributed by atoms with Gasteiger partial charge in [0.15, 0.2) is 5.78 Å². The zero-order valence-electron chi connectivity index (χ0n) is 14.5. The minimum Gasteiger partial charge on any atom is -0.295 e. The Bertz CT molecular complexity index is 1030. The molecular weight excluding hydrogens is 336 g/mol. The molecule has 0 amide bonds. The molecule has 0 aliphatic rings. The Morgan fingerprint density at radius 3 is 1.85 bits per heavy atom. The second-order valence-electron chi connectivity index (χ2n) is 6.22. The van der Waals surface area contributed by atoms with Crippen LogP contribution in [0.3, 0.4) is 0 Å². The molecule has 0 bridgehead atoms. The SMILES string of the molecule is CC(=O)c1ccc(-c2cc(-c3ccccc3)sc2-c2ccccc2)cc1. The van der Waals surface area contributed by atoms with E-state index in [0.29, 0.717) is 0 Å². The van der Waals surface area contributed by atoms with Gasteiger partial charge in [0, 0.05) is 20.9 Å². The molecule has 26 heavy (non-hydrogen) atoms. The molecule has 0 unspecified atom stereocenters. The molecule has 0 atom stereocenters. The van der Waals surface area contributed by atoms with E-state index < -0.39 is 0 Å². The number of carbonyl (C=O) groups excluding carboxylic acids is 1. The summed E-state index contributed by atoms with van der Waals surface area (Å²) in [4.78, 5) is 14.1. The van der Waals surface area contributed by atoms with E-state index in [0.717, 1.165) is 11.1 Å². The van der Waals surface area contributed by atoms with Crippen molar-refractivity contribution < 1.29 is 4.79 Å². The Labute approximate surface area is 157 Å². The highest BCUT2D eigenvalue weighted by atomic mass is 32.1. The molecular formula is C24H18OS. The lowest BCUT2D eigenvalue weighted by atomic mass is 9.99. The molecule has 0 N–H and O–H groups in total. The van der Waals surface area contributed by atoms with Crippen LogP contribution >= 0.6 is 11.3 Å². The van der Waals surface area contributed by atoms with E-state index in [1.54, 1.807) is 18.3 Å². The first-order valence-electron chi connectivity index (χ1n) is 8.58. The van der Waals surface area contributed by atoms with Gasteiger partial charge in [-0.25, -0.2) is 0 Å². The maximum atomic E-state index is 11.6. The predicted octanol–water partition coefficient (Wildman–Crippen LogP) is 6.95. The average Bonchev–Trinajstić information content (AvgIpc) is 3.15. The number of hydrogen-bond acceptors (Lipinski definition) is 2. The Kier molecular flexibility index (Phi) is 4.51. The Morgan fingerprint density at radius 1 is 0.692 bits per heavy atom. The maximum absolute atomic E-state index is 11.6. The molecule has 4 rings (SSSR count). The van der Waals surface area contributed by atoms with Crippen LogP contribution in [0.2, 0.25) is 0 Å². The van der Waals surface area contributed by atoms with Gasteiger partial charge in [0.2, 0.25) is 0 Å². The van der Waals surface area contributed by atoms with Gasteiger partial charge in [-0.3, -0.25) is 4.79 Å². The number of rotatable bonds is 4. The van der Waals surface area contributed by atoms with Crippen molar-refractivity contribution in [2.75, 3.05) is 0 Å². The lowest BCUT2D eigenvalue weighted by Gasteiger charge is -2.05. The molecule has 126 valence electrons. The fraction of sp³-hybridized carbons (Fsp3) is 0.0417. The van der Waals surface area contributed by atoms with Crippen molar-refractivity contribution in [3.63, 3.8) is 0 Å². The average molecular weight is 354 g/mol. The first kappa shape index (κ1) is 16.5. The highest BCUT2D eigenvalue weighted by Crippen LogP contribution is 2.43. The summed E-state index contributed by atoms with van der Waals surface area (Å²) in [6, 6.07) is 31.1. The summed E-state index contributed by atoms with van der Waals surface area (Å²) >= 11 is 1.80. The minimum absolute atomic E-state index is 0.0927. The summed E-state index contributed by atoms with van der Waals surface area (Å²) in [5.41, 5.74) is 5.52. The van der Waals surface area contributed by atoms with Gasteiger partial charge in [-0.05, 0) is 29.7 Å². The molecule has 0 saturated carbocycles. The van der Waals surface area contributed by atoms with Crippen LogP contribution in [0.5, 0.6) is 0 Å². The number of benzene rings is 3. The fourth-order valence-corrected chi connectivity index (χ4v) is 4.23. The third-order valence-corrected chi connectivity index (χ3v) is 5.66. The van der Waals surface area contributed by atoms with E-state index in [4.69, 9.17) is 0 Å². The van der Waals surface area contributed by atoms with Crippen LogP contribution in [0, 0.1) is 0 Å². The van der Waals surface area contributed by atoms with Crippen LogP contribution < -0.4 is 0 Å². The minimum atomic E-state index is 0.0927. The second-order valence-corrected chi connectivity index (χ2v) is 7.27. The van der Waals surface area contributed by atoms with E-state index >= 15 is 0 Å². The maximum Gasteiger partial charge on any atom is 0.159 e. The van der Waals surface area contributed by atoms with Gasteiger partial charge in [-0.15, -0.1) is 11.3 Å². The van der Waals surface area contributed by atoms with E-state index in [1.165, 1.54) is 26.4 Å². The third-order valence-electron chi connectivity index (χ3n) is 4.43. The number of Topliss-reactive ketones (excluding diaryl/α,β-unsaturated/α-hetero) is 1. The molecule has 0 saturated heterocycles. The van der Waals surface area contributed by atoms with Crippen LogP contribution in [0.1, 0.15) is 17.3 Å². The number of ketones is 1. The van der Waals surface area contributed by atoms with Crippen molar-refractivity contribution in [2.45, 2.75) is 6.92 Å². The summed E-state index contributed by atoms with van der Waals surface area (Å²) in [6.07, 6.45) is 0. The van der Waals surface area contributed by atoms with Crippen LogP contribution in [0.4, 0.5) is 0 Å². The molecule has 2 heteroatoms. The topological polar surface area (TPSA) is 17.1 Å². The lowest BCUT2D eigenvalue weighted by molar-refractivity contribution is 0.101. The van der Waals surface area contributed by atoms with Gasteiger partial charge in [0.05, 0.1) is 0 Å². The molecule has 0 radical (unpaired) electrons. The molecule has 0 aliphatic heterocycles. The molecule has 4 aromatic rings. The van der Waals surface area contributed by atoms with E-state index in [2.05, 4.69) is 54.6 Å². The van der Waals surface area contributed by atoms with E-state index in [9.17, 15) is 4.79 Å². The van der Waals surface area contributed by atoms with Crippen molar-refractivity contribution in [2.24, 2.45) is 0 Å². The number of carbonyl (C=O) groups is 1. The molecule has 3 aromatic carbocycles. The normalized spacial score (nSPS) is 10.7. The van der Waals surface area contributed by atoms with Gasteiger partial charge in [0.1, 0.15) is 0 Å². The summed E-state index contributed by atoms with van der Waals surface area (Å²) in [6.45, 7) is 1.60. The summed E-state index contributed by atoms with van der Waals surface area (Å²) < 4.78 is 0. The van der Waals surface area contributed by atoms with Gasteiger partial charge in [-0.1, -0.05) is 84.9 Å². The largest absolute Gasteiger partial charge is 0.295 e. The molecule has 0 aliphatic carbocycles. The van der Waals surface area contributed by atoms with Gasteiger partial charge < -0.3 is 0 Å². The summed E-state index contributed by atoms with van der Waals surface area (Å²) in [5.74, 6) is 0.0927. The molecule has 1 nitrogen and oxygen atoms in total. The van der Waals surface area contributed by atoms with Crippen LogP contribution in [0.25, 0.3) is 32.0 Å². The molecule has 0 spiro atoms. The Hall–Kier alpha value is -2.97. The van der Waals surface area contributed by atoms with Crippen LogP contribution in [-0.2, 0) is 0 Å². The standard InChI is InChI=1S/C24H18OS/c1-17(25)18-12-14-19(15-13-18)22-16-23(20-8-4-2-5-9-20)26-24(22)21-10-6-3-7-11-21/h2-16H,1H3. The van der Waals surface area contributed by atoms with E-state index in [1.807, 2.05) is 36.4 Å². The highest BCUT2D eigenvalue weighted by Gasteiger charge is 2.14. The van der Waals surface area contributed by atoms with Gasteiger partial charge in [-0.2, -0.15) is 0 Å². The lowest BCUT2D eigenvalue weighted by Crippen LogP contribution is -1.90. The Morgan fingerprint density at radius 2 is 1.27 bits per heavy atom. The first-order valence-corrected chi connectivity index (χ1v) is 9.40. The fourth-order valence-electron chi connectivity index (χ4n) is 3.04. The van der Waals surface area contributed by atoms with Crippen LogP contribution in [-0.4, -0.2) is 5.78 Å².